The number of fused-ring (bicyclic) bond motifs is 1. The summed E-state index contributed by atoms with van der Waals surface area (Å²) in [7, 11) is 0. The largest absolute Gasteiger partial charge is 0.332 e. The summed E-state index contributed by atoms with van der Waals surface area (Å²) in [6.45, 7) is 2.22. The van der Waals surface area contributed by atoms with Crippen molar-refractivity contribution in [1.82, 2.24) is 0 Å². The van der Waals surface area contributed by atoms with Crippen LogP contribution in [0.1, 0.15) is 18.5 Å². The maximum absolute atomic E-state index is 13.2. The van der Waals surface area contributed by atoms with E-state index in [4.69, 9.17) is 0 Å². The second-order valence-electron chi connectivity index (χ2n) is 5.97. The second kappa shape index (κ2) is 7.40. The van der Waals surface area contributed by atoms with Gasteiger partial charge in [-0.15, -0.1) is 0 Å². The van der Waals surface area contributed by atoms with E-state index < -0.39 is 11.6 Å². The zero-order valence-electron chi connectivity index (χ0n) is 13.8. The molecule has 0 spiro atoms. The van der Waals surface area contributed by atoms with E-state index in [-0.39, 0.29) is 24.2 Å². The van der Waals surface area contributed by atoms with E-state index in [1.165, 1.54) is 6.07 Å². The molecule has 3 aromatic rings. The Morgan fingerprint density at radius 3 is 2.60 bits per heavy atom. The van der Waals surface area contributed by atoms with Crippen molar-refractivity contribution in [2.45, 2.75) is 13.0 Å². The van der Waals surface area contributed by atoms with Crippen LogP contribution in [0.5, 0.6) is 0 Å². The second-order valence-corrected chi connectivity index (χ2v) is 5.97. The Kier molecular flexibility index (Phi) is 5.05. The van der Waals surface area contributed by atoms with Gasteiger partial charge in [-0.2, -0.15) is 0 Å². The molecule has 3 N–H and O–H groups in total. The summed E-state index contributed by atoms with van der Waals surface area (Å²) in [5.74, 6) is -2.18. The van der Waals surface area contributed by atoms with Crippen LogP contribution >= 0.6 is 0 Å². The number of carbonyl (C=O) groups excluding carboxylic acids is 1. The molecule has 1 atom stereocenters. The summed E-state index contributed by atoms with van der Waals surface area (Å²) >= 11 is 0. The molecular formula is C20H19F2N2O+. The van der Waals surface area contributed by atoms with Crippen LogP contribution in [0, 0.1) is 11.6 Å². The van der Waals surface area contributed by atoms with Crippen molar-refractivity contribution < 1.29 is 18.9 Å². The number of carbonyl (C=O) groups is 1. The number of quaternary nitrogens is 1. The lowest BCUT2D eigenvalue weighted by molar-refractivity contribution is -0.682. The molecule has 3 aromatic carbocycles. The molecule has 3 nitrogen and oxygen atoms in total. The third-order valence-electron chi connectivity index (χ3n) is 4.17. The normalized spacial score (nSPS) is 12.1. The molecule has 0 aliphatic heterocycles. The highest BCUT2D eigenvalue weighted by molar-refractivity contribution is 5.91. The molecule has 0 saturated carbocycles. The van der Waals surface area contributed by atoms with Gasteiger partial charge in [0.1, 0.15) is 6.04 Å². The van der Waals surface area contributed by atoms with Crippen molar-refractivity contribution >= 4 is 22.4 Å². The van der Waals surface area contributed by atoms with E-state index in [9.17, 15) is 13.6 Å². The quantitative estimate of drug-likeness (QED) is 0.734. The summed E-state index contributed by atoms with van der Waals surface area (Å²) < 4.78 is 26.1. The Bertz CT molecular complexity index is 906. The van der Waals surface area contributed by atoms with Gasteiger partial charge in [0.15, 0.2) is 18.2 Å². The van der Waals surface area contributed by atoms with E-state index >= 15 is 0 Å². The number of hydrogen-bond donors (Lipinski definition) is 2. The zero-order chi connectivity index (χ0) is 17.8. The Labute approximate surface area is 144 Å². The molecule has 0 heterocycles. The van der Waals surface area contributed by atoms with Crippen LogP contribution in [-0.2, 0) is 4.79 Å². The number of anilines is 1. The smallest absolute Gasteiger partial charge is 0.279 e. The van der Waals surface area contributed by atoms with Crippen LogP contribution < -0.4 is 10.6 Å². The SMILES string of the molecule is C[C@@H]([NH2+]CC(=O)Nc1ccc(F)c(F)c1)c1cccc2ccccc12. The van der Waals surface area contributed by atoms with E-state index in [2.05, 4.69) is 29.6 Å². The summed E-state index contributed by atoms with van der Waals surface area (Å²) in [5.41, 5.74) is 1.40. The van der Waals surface area contributed by atoms with Gasteiger partial charge in [0.05, 0.1) is 0 Å². The van der Waals surface area contributed by atoms with Gasteiger partial charge in [-0.25, -0.2) is 8.78 Å². The standard InChI is InChI=1S/C20H18F2N2O/c1-13(16-8-4-6-14-5-2-3-7-17(14)16)23-12-20(25)24-15-9-10-18(21)19(22)11-15/h2-11,13,23H,12H2,1H3,(H,24,25)/p+1/t13-/m1/s1. The third kappa shape index (κ3) is 4.00. The summed E-state index contributed by atoms with van der Waals surface area (Å²) in [4.78, 5) is 12.0. The first-order valence-corrected chi connectivity index (χ1v) is 8.10. The molecule has 0 bridgehead atoms. The Morgan fingerprint density at radius 1 is 1.04 bits per heavy atom. The molecule has 1 amide bonds. The zero-order valence-corrected chi connectivity index (χ0v) is 13.8. The van der Waals surface area contributed by atoms with Crippen LogP contribution in [0.3, 0.4) is 0 Å². The van der Waals surface area contributed by atoms with Crippen molar-refractivity contribution in [3.8, 4) is 0 Å². The molecular weight excluding hydrogens is 322 g/mol. The number of nitrogens with one attached hydrogen (secondary N) is 1. The highest BCUT2D eigenvalue weighted by Crippen LogP contribution is 2.22. The van der Waals surface area contributed by atoms with Gasteiger partial charge < -0.3 is 10.6 Å². The van der Waals surface area contributed by atoms with Crippen LogP contribution in [-0.4, -0.2) is 12.5 Å². The van der Waals surface area contributed by atoms with Crippen molar-refractivity contribution in [2.24, 2.45) is 0 Å². The minimum Gasteiger partial charge on any atom is -0.332 e. The number of rotatable bonds is 5. The van der Waals surface area contributed by atoms with Gasteiger partial charge in [0.25, 0.3) is 5.91 Å². The first-order chi connectivity index (χ1) is 12.0. The molecule has 0 saturated heterocycles. The van der Waals surface area contributed by atoms with Crippen molar-refractivity contribution in [3.05, 3.63) is 77.9 Å². The lowest BCUT2D eigenvalue weighted by Crippen LogP contribution is -2.86. The van der Waals surface area contributed by atoms with Gasteiger partial charge in [-0.3, -0.25) is 4.79 Å². The predicted molar refractivity (Wildman–Crippen MR) is 94.1 cm³/mol. The van der Waals surface area contributed by atoms with Crippen LogP contribution in [0.4, 0.5) is 14.5 Å². The van der Waals surface area contributed by atoms with Gasteiger partial charge in [-0.05, 0) is 29.8 Å². The molecule has 0 radical (unpaired) electrons. The predicted octanol–water partition coefficient (Wildman–Crippen LogP) is 3.38. The molecule has 0 aromatic heterocycles. The Balaban J connectivity index is 1.64. The van der Waals surface area contributed by atoms with E-state index in [0.29, 0.717) is 0 Å². The monoisotopic (exact) mass is 341 g/mol. The maximum Gasteiger partial charge on any atom is 0.279 e. The molecule has 128 valence electrons. The van der Waals surface area contributed by atoms with Crippen molar-refractivity contribution in [1.29, 1.82) is 0 Å². The average molecular weight is 341 g/mol. The van der Waals surface area contributed by atoms with E-state index in [1.54, 1.807) is 0 Å². The number of benzene rings is 3. The fourth-order valence-corrected chi connectivity index (χ4v) is 2.84. The number of hydrogen-bond acceptors (Lipinski definition) is 1. The van der Waals surface area contributed by atoms with Gasteiger partial charge in [0.2, 0.25) is 0 Å². The molecule has 0 aliphatic carbocycles. The van der Waals surface area contributed by atoms with Crippen LogP contribution in [0.15, 0.2) is 60.7 Å². The summed E-state index contributed by atoms with van der Waals surface area (Å²) in [5, 5.41) is 6.81. The molecule has 5 heteroatoms. The van der Waals surface area contributed by atoms with Gasteiger partial charge in [0, 0.05) is 17.3 Å². The average Bonchev–Trinajstić information content (AvgIpc) is 2.62. The minimum absolute atomic E-state index is 0.0850. The minimum atomic E-state index is -0.981. The van der Waals surface area contributed by atoms with Crippen LogP contribution in [0.25, 0.3) is 10.8 Å². The lowest BCUT2D eigenvalue weighted by Gasteiger charge is -2.14. The summed E-state index contributed by atoms with van der Waals surface area (Å²) in [6, 6.07) is 17.6. The first-order valence-electron chi connectivity index (χ1n) is 8.10. The maximum atomic E-state index is 13.2. The van der Waals surface area contributed by atoms with E-state index in [1.807, 2.05) is 30.4 Å². The molecule has 3 rings (SSSR count). The molecule has 0 unspecified atom stereocenters. The number of halogens is 2. The fraction of sp³-hybridized carbons (Fsp3) is 0.150. The highest BCUT2D eigenvalue weighted by atomic mass is 19.2. The lowest BCUT2D eigenvalue weighted by atomic mass is 10.00. The van der Waals surface area contributed by atoms with E-state index in [0.717, 1.165) is 28.5 Å². The molecule has 25 heavy (non-hydrogen) atoms. The van der Waals surface area contributed by atoms with Crippen molar-refractivity contribution in [3.63, 3.8) is 0 Å². The Hall–Kier alpha value is -2.79. The van der Waals surface area contributed by atoms with Gasteiger partial charge >= 0.3 is 0 Å². The molecule has 0 fully saturated rings. The van der Waals surface area contributed by atoms with Crippen molar-refractivity contribution in [2.75, 3.05) is 11.9 Å². The van der Waals surface area contributed by atoms with Gasteiger partial charge in [-0.1, -0.05) is 42.5 Å². The number of nitrogens with two attached hydrogens (primary N) is 1. The van der Waals surface area contributed by atoms with Crippen LogP contribution in [0.2, 0.25) is 0 Å². The number of amides is 1. The third-order valence-corrected chi connectivity index (χ3v) is 4.17. The summed E-state index contributed by atoms with van der Waals surface area (Å²) in [6.07, 6.45) is 0. The first kappa shape index (κ1) is 17.0. The topological polar surface area (TPSA) is 45.7 Å². The fourth-order valence-electron chi connectivity index (χ4n) is 2.84. The highest BCUT2D eigenvalue weighted by Gasteiger charge is 2.14. The Morgan fingerprint density at radius 2 is 1.80 bits per heavy atom. The molecule has 0 aliphatic rings.